The van der Waals surface area contributed by atoms with Crippen molar-refractivity contribution in [2.75, 3.05) is 13.2 Å². The van der Waals surface area contributed by atoms with Crippen molar-refractivity contribution in [1.82, 2.24) is 0 Å². The van der Waals surface area contributed by atoms with Gasteiger partial charge in [0.2, 0.25) is 0 Å². The summed E-state index contributed by atoms with van der Waals surface area (Å²) in [7, 11) is 0. The van der Waals surface area contributed by atoms with Crippen LogP contribution in [0, 0.1) is 5.92 Å². The maximum atomic E-state index is 8.64. The summed E-state index contributed by atoms with van der Waals surface area (Å²) in [4.78, 5) is 0. The van der Waals surface area contributed by atoms with Crippen molar-refractivity contribution < 1.29 is 10.2 Å². The molecule has 2 nitrogen and oxygen atoms in total. The summed E-state index contributed by atoms with van der Waals surface area (Å²) in [6.07, 6.45) is 4.19. The molecule has 0 amide bonds. The Kier molecular flexibility index (Phi) is 6.98. The number of hydrogen-bond donors (Lipinski definition) is 2. The van der Waals surface area contributed by atoms with Crippen LogP contribution in [0.2, 0.25) is 0 Å². The Morgan fingerprint density at radius 2 is 1.80 bits per heavy atom. The van der Waals surface area contributed by atoms with Gasteiger partial charge in [-0.3, -0.25) is 0 Å². The highest BCUT2D eigenvalue weighted by molar-refractivity contribution is 4.50. The highest BCUT2D eigenvalue weighted by Crippen LogP contribution is 2.07. The Hall–Kier alpha value is -0.0800. The normalized spacial score (nSPS) is 13.5. The molecule has 0 bridgehead atoms. The molecule has 0 unspecified atom stereocenters. The summed E-state index contributed by atoms with van der Waals surface area (Å²) in [5, 5.41) is 17.1. The topological polar surface area (TPSA) is 40.5 Å². The zero-order valence-corrected chi connectivity index (χ0v) is 6.71. The van der Waals surface area contributed by atoms with Gasteiger partial charge in [0, 0.05) is 13.2 Å². The Morgan fingerprint density at radius 3 is 2.30 bits per heavy atom. The van der Waals surface area contributed by atoms with Gasteiger partial charge in [0.1, 0.15) is 0 Å². The fraction of sp³-hybridized carbons (Fsp3) is 1.00. The van der Waals surface area contributed by atoms with Crippen LogP contribution >= 0.6 is 0 Å². The lowest BCUT2D eigenvalue weighted by molar-refractivity contribution is 0.224. The summed E-state index contributed by atoms with van der Waals surface area (Å²) in [5.74, 6) is 0.429. The third-order valence-corrected chi connectivity index (χ3v) is 1.67. The fourth-order valence-corrected chi connectivity index (χ4v) is 0.873. The van der Waals surface area contributed by atoms with Gasteiger partial charge in [-0.1, -0.05) is 19.8 Å². The molecule has 0 aliphatic rings. The quantitative estimate of drug-likeness (QED) is 0.552. The van der Waals surface area contributed by atoms with Gasteiger partial charge in [0.25, 0.3) is 0 Å². The number of aliphatic hydroxyl groups is 2. The molecule has 0 spiro atoms. The fourth-order valence-electron chi connectivity index (χ4n) is 0.873. The van der Waals surface area contributed by atoms with Crippen LogP contribution < -0.4 is 0 Å². The van der Waals surface area contributed by atoms with E-state index in [2.05, 4.69) is 0 Å². The van der Waals surface area contributed by atoms with E-state index in [0.29, 0.717) is 19.1 Å². The molecule has 0 rings (SSSR count). The molecule has 0 aromatic heterocycles. The monoisotopic (exact) mass is 146 g/mol. The van der Waals surface area contributed by atoms with Crippen molar-refractivity contribution in [2.24, 2.45) is 5.92 Å². The number of unbranched alkanes of at least 4 members (excludes halogenated alkanes) is 2. The van der Waals surface area contributed by atoms with E-state index < -0.39 is 0 Å². The van der Waals surface area contributed by atoms with Gasteiger partial charge < -0.3 is 10.2 Å². The van der Waals surface area contributed by atoms with E-state index in [1.54, 1.807) is 0 Å². The summed E-state index contributed by atoms with van der Waals surface area (Å²) in [6, 6.07) is 0. The Labute approximate surface area is 62.9 Å². The van der Waals surface area contributed by atoms with Crippen LogP contribution in [0.3, 0.4) is 0 Å². The molecular formula is C8H18O2. The van der Waals surface area contributed by atoms with Gasteiger partial charge >= 0.3 is 0 Å². The second-order valence-corrected chi connectivity index (χ2v) is 2.86. The van der Waals surface area contributed by atoms with Gasteiger partial charge in [-0.2, -0.15) is 0 Å². The van der Waals surface area contributed by atoms with Crippen molar-refractivity contribution >= 4 is 0 Å². The predicted octanol–water partition coefficient (Wildman–Crippen LogP) is 1.17. The third kappa shape index (κ3) is 6.05. The molecular weight excluding hydrogens is 128 g/mol. The SMILES string of the molecule is C[C@H](CO)CCCCCO. The molecule has 0 saturated heterocycles. The minimum atomic E-state index is 0.291. The smallest absolute Gasteiger partial charge is 0.0456 e. The Bertz CT molecular complexity index is 64.3. The maximum absolute atomic E-state index is 8.64. The molecule has 0 heterocycles. The van der Waals surface area contributed by atoms with Crippen molar-refractivity contribution in [2.45, 2.75) is 32.6 Å². The van der Waals surface area contributed by atoms with E-state index >= 15 is 0 Å². The summed E-state index contributed by atoms with van der Waals surface area (Å²) in [6.45, 7) is 2.63. The molecule has 0 aliphatic heterocycles. The van der Waals surface area contributed by atoms with Gasteiger partial charge in [-0.05, 0) is 18.8 Å². The molecule has 0 saturated carbocycles. The minimum Gasteiger partial charge on any atom is -0.396 e. The lowest BCUT2D eigenvalue weighted by Crippen LogP contribution is -1.99. The first-order valence-corrected chi connectivity index (χ1v) is 4.03. The number of rotatable bonds is 6. The van der Waals surface area contributed by atoms with E-state index in [1.165, 1.54) is 0 Å². The summed E-state index contributed by atoms with van der Waals surface area (Å²) in [5.41, 5.74) is 0. The van der Waals surface area contributed by atoms with Gasteiger partial charge in [0.15, 0.2) is 0 Å². The molecule has 62 valence electrons. The zero-order chi connectivity index (χ0) is 7.82. The van der Waals surface area contributed by atoms with Crippen molar-refractivity contribution in [3.8, 4) is 0 Å². The van der Waals surface area contributed by atoms with E-state index in [4.69, 9.17) is 10.2 Å². The zero-order valence-electron chi connectivity index (χ0n) is 6.71. The summed E-state index contributed by atoms with van der Waals surface area (Å²) < 4.78 is 0. The molecule has 0 aromatic rings. The lowest BCUT2D eigenvalue weighted by Gasteiger charge is -2.05. The largest absolute Gasteiger partial charge is 0.396 e. The highest BCUT2D eigenvalue weighted by Gasteiger charge is 1.97. The first-order chi connectivity index (χ1) is 4.81. The van der Waals surface area contributed by atoms with E-state index in [1.807, 2.05) is 6.92 Å². The van der Waals surface area contributed by atoms with Crippen LogP contribution in [-0.2, 0) is 0 Å². The standard InChI is InChI=1S/C8H18O2/c1-8(7-10)5-3-2-4-6-9/h8-10H,2-7H2,1H3/t8-/m0/s1. The Balaban J connectivity index is 2.89. The molecule has 2 N–H and O–H groups in total. The molecule has 0 aromatic carbocycles. The van der Waals surface area contributed by atoms with Crippen LogP contribution in [0.15, 0.2) is 0 Å². The maximum Gasteiger partial charge on any atom is 0.0456 e. The van der Waals surface area contributed by atoms with Crippen LogP contribution in [0.1, 0.15) is 32.6 Å². The first kappa shape index (κ1) is 9.92. The lowest BCUT2D eigenvalue weighted by atomic mass is 10.0. The van der Waals surface area contributed by atoms with Gasteiger partial charge in [-0.15, -0.1) is 0 Å². The third-order valence-electron chi connectivity index (χ3n) is 1.67. The number of aliphatic hydroxyl groups excluding tert-OH is 2. The molecule has 2 heteroatoms. The van der Waals surface area contributed by atoms with E-state index in [0.717, 1.165) is 25.7 Å². The van der Waals surface area contributed by atoms with Crippen LogP contribution in [0.5, 0.6) is 0 Å². The average Bonchev–Trinajstić information content (AvgIpc) is 1.98. The minimum absolute atomic E-state index is 0.291. The van der Waals surface area contributed by atoms with Crippen LogP contribution in [0.25, 0.3) is 0 Å². The molecule has 0 fully saturated rings. The number of hydrogen-bond acceptors (Lipinski definition) is 2. The molecule has 0 radical (unpaired) electrons. The molecule has 1 atom stereocenters. The predicted molar refractivity (Wildman–Crippen MR) is 41.8 cm³/mol. The van der Waals surface area contributed by atoms with Crippen molar-refractivity contribution in [3.63, 3.8) is 0 Å². The van der Waals surface area contributed by atoms with Gasteiger partial charge in [-0.25, -0.2) is 0 Å². The van der Waals surface area contributed by atoms with E-state index in [-0.39, 0.29) is 0 Å². The van der Waals surface area contributed by atoms with Crippen molar-refractivity contribution in [1.29, 1.82) is 0 Å². The van der Waals surface area contributed by atoms with Gasteiger partial charge in [0.05, 0.1) is 0 Å². The van der Waals surface area contributed by atoms with E-state index in [9.17, 15) is 0 Å². The second-order valence-electron chi connectivity index (χ2n) is 2.86. The van der Waals surface area contributed by atoms with Crippen molar-refractivity contribution in [3.05, 3.63) is 0 Å². The van der Waals surface area contributed by atoms with Crippen LogP contribution in [0.4, 0.5) is 0 Å². The first-order valence-electron chi connectivity index (χ1n) is 4.03. The van der Waals surface area contributed by atoms with Crippen LogP contribution in [-0.4, -0.2) is 23.4 Å². The molecule has 0 aliphatic carbocycles. The second kappa shape index (κ2) is 7.03. The summed E-state index contributed by atoms with van der Waals surface area (Å²) >= 11 is 0. The highest BCUT2D eigenvalue weighted by atomic mass is 16.3. The molecule has 10 heavy (non-hydrogen) atoms. The average molecular weight is 146 g/mol. The Morgan fingerprint density at radius 1 is 1.10 bits per heavy atom.